The van der Waals surface area contributed by atoms with Gasteiger partial charge in [-0.1, -0.05) is 52.5 Å². The number of hydrogen-bond acceptors (Lipinski definition) is 1. The molecule has 0 saturated heterocycles. The highest BCUT2D eigenvalue weighted by Crippen LogP contribution is 2.13. The molecule has 88 valence electrons. The van der Waals surface area contributed by atoms with Crippen molar-refractivity contribution in [2.75, 3.05) is 0 Å². The van der Waals surface area contributed by atoms with E-state index in [1.54, 1.807) is 0 Å². The first kappa shape index (κ1) is 14.2. The summed E-state index contributed by atoms with van der Waals surface area (Å²) in [5, 5.41) is 8.96. The molecule has 0 unspecified atom stereocenters. The molecule has 0 spiro atoms. The predicted octanol–water partition coefficient (Wildman–Crippen LogP) is 4.01. The Bertz CT molecular complexity index is 205. The Labute approximate surface area is 93.4 Å². The van der Waals surface area contributed by atoms with E-state index in [0.717, 1.165) is 19.3 Å². The average Bonchev–Trinajstić information content (AvgIpc) is 2.15. The van der Waals surface area contributed by atoms with Gasteiger partial charge >= 0.3 is 5.97 Å². The van der Waals surface area contributed by atoms with Crippen LogP contribution >= 0.6 is 0 Å². The monoisotopic (exact) mass is 212 g/mol. The minimum atomic E-state index is -0.751. The summed E-state index contributed by atoms with van der Waals surface area (Å²) in [7, 11) is 0. The molecule has 0 bridgehead atoms. The van der Waals surface area contributed by atoms with Crippen LogP contribution in [0.25, 0.3) is 0 Å². The molecule has 0 amide bonds. The van der Waals surface area contributed by atoms with Gasteiger partial charge < -0.3 is 5.11 Å². The van der Waals surface area contributed by atoms with E-state index >= 15 is 0 Å². The third-order valence-electron chi connectivity index (χ3n) is 2.36. The Morgan fingerprint density at radius 3 is 2.27 bits per heavy atom. The van der Waals surface area contributed by atoms with Gasteiger partial charge in [-0.2, -0.15) is 0 Å². The number of aliphatic carboxylic acids is 1. The van der Waals surface area contributed by atoms with Gasteiger partial charge in [-0.05, 0) is 18.8 Å². The Kier molecular flexibility index (Phi) is 8.06. The Morgan fingerprint density at radius 1 is 1.20 bits per heavy atom. The Hall–Kier alpha value is -0.790. The molecule has 2 heteroatoms. The second-order valence-corrected chi connectivity index (χ2v) is 4.41. The standard InChI is InChI=1S/C13H24O2/c1-4-5-6-7-8-9-12(13(14)15)10-11(2)3/h10-11H,4-9H2,1-3H3,(H,14,15). The number of carboxylic acids is 1. The molecule has 0 heterocycles. The zero-order chi connectivity index (χ0) is 11.7. The van der Waals surface area contributed by atoms with Crippen molar-refractivity contribution in [1.29, 1.82) is 0 Å². The van der Waals surface area contributed by atoms with Crippen LogP contribution in [0.3, 0.4) is 0 Å². The van der Waals surface area contributed by atoms with E-state index < -0.39 is 5.97 Å². The summed E-state index contributed by atoms with van der Waals surface area (Å²) in [4.78, 5) is 10.9. The van der Waals surface area contributed by atoms with Crippen molar-refractivity contribution in [3.8, 4) is 0 Å². The van der Waals surface area contributed by atoms with Gasteiger partial charge in [-0.3, -0.25) is 0 Å². The van der Waals surface area contributed by atoms with Crippen LogP contribution in [0.5, 0.6) is 0 Å². The van der Waals surface area contributed by atoms with E-state index in [9.17, 15) is 4.79 Å². The molecule has 0 rings (SSSR count). The fraction of sp³-hybridized carbons (Fsp3) is 0.769. The molecule has 0 fully saturated rings. The normalized spacial score (nSPS) is 12.1. The first-order valence-electron chi connectivity index (χ1n) is 6.02. The molecule has 0 radical (unpaired) electrons. The topological polar surface area (TPSA) is 37.3 Å². The number of unbranched alkanes of at least 4 members (excludes halogenated alkanes) is 4. The first-order chi connectivity index (χ1) is 7.07. The van der Waals surface area contributed by atoms with Gasteiger partial charge in [-0.15, -0.1) is 0 Å². The van der Waals surface area contributed by atoms with Crippen LogP contribution in [0, 0.1) is 5.92 Å². The zero-order valence-electron chi connectivity index (χ0n) is 10.3. The van der Waals surface area contributed by atoms with Crippen LogP contribution in [0.2, 0.25) is 0 Å². The lowest BCUT2D eigenvalue weighted by atomic mass is 10.0. The molecule has 0 aliphatic rings. The molecule has 0 saturated carbocycles. The lowest BCUT2D eigenvalue weighted by Gasteiger charge is -2.04. The molecule has 0 aromatic rings. The van der Waals surface area contributed by atoms with E-state index in [4.69, 9.17) is 5.11 Å². The van der Waals surface area contributed by atoms with Crippen molar-refractivity contribution in [1.82, 2.24) is 0 Å². The molecular formula is C13H24O2. The summed E-state index contributed by atoms with van der Waals surface area (Å²) in [5.41, 5.74) is 0.585. The van der Waals surface area contributed by atoms with Gasteiger partial charge in [-0.25, -0.2) is 4.79 Å². The van der Waals surface area contributed by atoms with Crippen molar-refractivity contribution in [2.45, 2.75) is 59.3 Å². The minimum Gasteiger partial charge on any atom is -0.478 e. The SMILES string of the molecule is CCCCCCCC(=CC(C)C)C(=O)O. The van der Waals surface area contributed by atoms with Crippen LogP contribution in [0.15, 0.2) is 11.6 Å². The lowest BCUT2D eigenvalue weighted by molar-refractivity contribution is -0.132. The maximum Gasteiger partial charge on any atom is 0.331 e. The van der Waals surface area contributed by atoms with Crippen LogP contribution < -0.4 is 0 Å². The highest BCUT2D eigenvalue weighted by molar-refractivity contribution is 5.86. The van der Waals surface area contributed by atoms with Gasteiger partial charge in [0.25, 0.3) is 0 Å². The third kappa shape index (κ3) is 8.22. The molecule has 0 aromatic carbocycles. The molecule has 0 aliphatic heterocycles. The van der Waals surface area contributed by atoms with Crippen molar-refractivity contribution in [3.63, 3.8) is 0 Å². The van der Waals surface area contributed by atoms with Crippen molar-refractivity contribution in [2.24, 2.45) is 5.92 Å². The molecule has 0 atom stereocenters. The smallest absolute Gasteiger partial charge is 0.331 e. The van der Waals surface area contributed by atoms with Crippen LogP contribution in [-0.2, 0) is 4.79 Å². The van der Waals surface area contributed by atoms with Crippen LogP contribution in [0.1, 0.15) is 59.3 Å². The first-order valence-corrected chi connectivity index (χ1v) is 6.02. The highest BCUT2D eigenvalue weighted by Gasteiger charge is 2.07. The molecule has 0 aromatic heterocycles. The summed E-state index contributed by atoms with van der Waals surface area (Å²) >= 11 is 0. The zero-order valence-corrected chi connectivity index (χ0v) is 10.3. The number of carboxylic acid groups (broad SMARTS) is 1. The second-order valence-electron chi connectivity index (χ2n) is 4.41. The second kappa shape index (κ2) is 8.51. The van der Waals surface area contributed by atoms with E-state index in [0.29, 0.717) is 11.5 Å². The van der Waals surface area contributed by atoms with Gasteiger partial charge in [0, 0.05) is 5.57 Å². The quantitative estimate of drug-likeness (QED) is 0.487. The van der Waals surface area contributed by atoms with Gasteiger partial charge in [0.15, 0.2) is 0 Å². The van der Waals surface area contributed by atoms with Crippen molar-refractivity contribution in [3.05, 3.63) is 11.6 Å². The van der Waals surface area contributed by atoms with E-state index in [-0.39, 0.29) is 0 Å². The largest absolute Gasteiger partial charge is 0.478 e. The number of allylic oxidation sites excluding steroid dienone is 1. The Morgan fingerprint density at radius 2 is 1.80 bits per heavy atom. The van der Waals surface area contributed by atoms with E-state index in [1.807, 2.05) is 19.9 Å². The highest BCUT2D eigenvalue weighted by atomic mass is 16.4. The summed E-state index contributed by atoms with van der Waals surface area (Å²) < 4.78 is 0. The molecule has 15 heavy (non-hydrogen) atoms. The third-order valence-corrected chi connectivity index (χ3v) is 2.36. The minimum absolute atomic E-state index is 0.326. The average molecular weight is 212 g/mol. The van der Waals surface area contributed by atoms with Gasteiger partial charge in [0.2, 0.25) is 0 Å². The molecular weight excluding hydrogens is 188 g/mol. The van der Waals surface area contributed by atoms with Crippen molar-refractivity contribution < 1.29 is 9.90 Å². The maximum absolute atomic E-state index is 10.9. The van der Waals surface area contributed by atoms with E-state index in [1.165, 1.54) is 19.3 Å². The fourth-order valence-electron chi connectivity index (χ4n) is 1.58. The van der Waals surface area contributed by atoms with Gasteiger partial charge in [0.1, 0.15) is 0 Å². The molecule has 0 aliphatic carbocycles. The molecule has 2 nitrogen and oxygen atoms in total. The predicted molar refractivity (Wildman–Crippen MR) is 63.9 cm³/mol. The van der Waals surface area contributed by atoms with E-state index in [2.05, 4.69) is 6.92 Å². The lowest BCUT2D eigenvalue weighted by Crippen LogP contribution is -2.02. The fourth-order valence-corrected chi connectivity index (χ4v) is 1.58. The van der Waals surface area contributed by atoms with Crippen LogP contribution in [-0.4, -0.2) is 11.1 Å². The Balaban J connectivity index is 3.83. The number of carbonyl (C=O) groups is 1. The summed E-state index contributed by atoms with van der Waals surface area (Å²) in [6.07, 6.45) is 8.45. The summed E-state index contributed by atoms with van der Waals surface area (Å²) in [6, 6.07) is 0. The summed E-state index contributed by atoms with van der Waals surface area (Å²) in [5.74, 6) is -0.425. The number of rotatable bonds is 8. The van der Waals surface area contributed by atoms with Gasteiger partial charge in [0.05, 0.1) is 0 Å². The maximum atomic E-state index is 10.9. The summed E-state index contributed by atoms with van der Waals surface area (Å²) in [6.45, 7) is 6.21. The van der Waals surface area contributed by atoms with Crippen LogP contribution in [0.4, 0.5) is 0 Å². The molecule has 1 N–H and O–H groups in total. The van der Waals surface area contributed by atoms with Crippen molar-refractivity contribution >= 4 is 5.97 Å². The number of hydrogen-bond donors (Lipinski definition) is 1.